The molecule has 2 heterocycles. The minimum atomic E-state index is -0.0518. The zero-order valence-corrected chi connectivity index (χ0v) is 11.0. The summed E-state index contributed by atoms with van der Waals surface area (Å²) in [5.41, 5.74) is 1.32. The van der Waals surface area contributed by atoms with E-state index in [1.807, 2.05) is 7.05 Å². The number of nitrogens with one attached hydrogen (secondary N) is 3. The smallest absolute Gasteiger partial charge is 0.239 e. The minimum absolute atomic E-state index is 0.0518. The zero-order chi connectivity index (χ0) is 13.7. The third kappa shape index (κ3) is 3.16. The molecule has 0 aliphatic heterocycles. The van der Waals surface area contributed by atoms with Crippen LogP contribution in [0.4, 0.5) is 5.82 Å². The summed E-state index contributed by atoms with van der Waals surface area (Å²) in [6, 6.07) is 0. The van der Waals surface area contributed by atoms with Crippen molar-refractivity contribution in [2.24, 2.45) is 0 Å². The van der Waals surface area contributed by atoms with Gasteiger partial charge in [-0.2, -0.15) is 0 Å². The Morgan fingerprint density at radius 3 is 3.00 bits per heavy atom. The van der Waals surface area contributed by atoms with Gasteiger partial charge >= 0.3 is 0 Å². The molecule has 0 aromatic carbocycles. The summed E-state index contributed by atoms with van der Waals surface area (Å²) < 4.78 is 0. The number of nitrogens with zero attached hydrogens (tertiary/aromatic N) is 4. The zero-order valence-electron chi connectivity index (χ0n) is 11.0. The SMILES string of the molecule is CNCCNC(=O)CN(C)c1ncnc2nc[nH]c12. The van der Waals surface area contributed by atoms with Crippen LogP contribution in [0.15, 0.2) is 12.7 Å². The lowest BCUT2D eigenvalue weighted by atomic mass is 10.4. The fraction of sp³-hybridized carbons (Fsp3) is 0.455. The summed E-state index contributed by atoms with van der Waals surface area (Å²) in [7, 11) is 3.65. The first-order valence-electron chi connectivity index (χ1n) is 5.99. The van der Waals surface area contributed by atoms with E-state index in [1.165, 1.54) is 6.33 Å². The molecule has 0 fully saturated rings. The van der Waals surface area contributed by atoms with Crippen molar-refractivity contribution in [1.29, 1.82) is 0 Å². The molecule has 0 saturated heterocycles. The predicted molar refractivity (Wildman–Crippen MR) is 71.9 cm³/mol. The highest BCUT2D eigenvalue weighted by Gasteiger charge is 2.13. The number of anilines is 1. The number of amides is 1. The van der Waals surface area contributed by atoms with Crippen LogP contribution >= 0.6 is 0 Å². The molecule has 0 atom stereocenters. The number of carbonyl (C=O) groups is 1. The average molecular weight is 263 g/mol. The van der Waals surface area contributed by atoms with Crippen LogP contribution in [0.5, 0.6) is 0 Å². The lowest BCUT2D eigenvalue weighted by Gasteiger charge is -2.17. The molecule has 8 nitrogen and oxygen atoms in total. The van der Waals surface area contributed by atoms with Crippen LogP contribution in [0.3, 0.4) is 0 Å². The van der Waals surface area contributed by atoms with Crippen LogP contribution in [-0.2, 0) is 4.79 Å². The summed E-state index contributed by atoms with van der Waals surface area (Å²) in [5, 5.41) is 5.78. The molecule has 1 amide bonds. The van der Waals surface area contributed by atoms with Crippen molar-refractivity contribution in [2.75, 3.05) is 38.6 Å². The van der Waals surface area contributed by atoms with Crippen LogP contribution in [-0.4, -0.2) is 59.6 Å². The van der Waals surface area contributed by atoms with Crippen molar-refractivity contribution >= 4 is 22.9 Å². The van der Waals surface area contributed by atoms with Gasteiger partial charge in [-0.1, -0.05) is 0 Å². The van der Waals surface area contributed by atoms with E-state index >= 15 is 0 Å². The second-order valence-electron chi connectivity index (χ2n) is 4.11. The molecule has 2 aromatic heterocycles. The first-order chi connectivity index (χ1) is 9.22. The fourth-order valence-electron chi connectivity index (χ4n) is 1.71. The summed E-state index contributed by atoms with van der Waals surface area (Å²) >= 11 is 0. The number of imidazole rings is 1. The third-order valence-electron chi connectivity index (χ3n) is 2.64. The van der Waals surface area contributed by atoms with Crippen molar-refractivity contribution in [1.82, 2.24) is 30.6 Å². The standard InChI is InChI=1S/C11H17N7O/c1-12-3-4-13-8(19)5-18(2)11-9-10(15-6-14-9)16-7-17-11/h6-7,12H,3-5H2,1-2H3,(H,13,19)(H,14,15,16,17). The number of fused-ring (bicyclic) bond motifs is 1. The van der Waals surface area contributed by atoms with Crippen molar-refractivity contribution in [3.05, 3.63) is 12.7 Å². The molecule has 0 saturated carbocycles. The fourth-order valence-corrected chi connectivity index (χ4v) is 1.71. The van der Waals surface area contributed by atoms with Crippen molar-refractivity contribution in [3.63, 3.8) is 0 Å². The molecule has 19 heavy (non-hydrogen) atoms. The topological polar surface area (TPSA) is 98.8 Å². The Balaban J connectivity index is 2.01. The molecule has 0 aliphatic rings. The van der Waals surface area contributed by atoms with Gasteiger partial charge in [-0.15, -0.1) is 0 Å². The van der Waals surface area contributed by atoms with Gasteiger partial charge in [0.25, 0.3) is 0 Å². The summed E-state index contributed by atoms with van der Waals surface area (Å²) in [6.45, 7) is 1.58. The first-order valence-corrected chi connectivity index (χ1v) is 5.99. The van der Waals surface area contributed by atoms with Crippen molar-refractivity contribution < 1.29 is 4.79 Å². The molecule has 3 N–H and O–H groups in total. The molecule has 2 aromatic rings. The quantitative estimate of drug-likeness (QED) is 0.586. The summed E-state index contributed by atoms with van der Waals surface area (Å²) in [5.74, 6) is 0.607. The van der Waals surface area contributed by atoms with E-state index in [1.54, 1.807) is 18.3 Å². The number of likely N-dealkylation sites (N-methyl/N-ethyl adjacent to an activating group) is 2. The van der Waals surface area contributed by atoms with E-state index in [-0.39, 0.29) is 12.5 Å². The normalized spacial score (nSPS) is 10.6. The van der Waals surface area contributed by atoms with E-state index in [2.05, 4.69) is 30.6 Å². The van der Waals surface area contributed by atoms with E-state index in [0.29, 0.717) is 18.0 Å². The van der Waals surface area contributed by atoms with Gasteiger partial charge in [0, 0.05) is 20.1 Å². The summed E-state index contributed by atoms with van der Waals surface area (Å²) in [4.78, 5) is 28.7. The number of carbonyl (C=O) groups excluding carboxylic acids is 1. The maximum atomic E-state index is 11.7. The number of aromatic nitrogens is 4. The summed E-state index contributed by atoms with van der Waals surface area (Å²) in [6.07, 6.45) is 3.00. The predicted octanol–water partition coefficient (Wildman–Crippen LogP) is -0.875. The Kier molecular flexibility index (Phi) is 4.24. The van der Waals surface area contributed by atoms with Gasteiger partial charge in [0.05, 0.1) is 12.9 Å². The molecule has 0 unspecified atom stereocenters. The molecule has 0 aliphatic carbocycles. The van der Waals surface area contributed by atoms with Gasteiger partial charge in [-0.3, -0.25) is 4.79 Å². The highest BCUT2D eigenvalue weighted by Crippen LogP contribution is 2.17. The number of hydrogen-bond acceptors (Lipinski definition) is 6. The highest BCUT2D eigenvalue weighted by atomic mass is 16.2. The van der Waals surface area contributed by atoms with Crippen LogP contribution in [0, 0.1) is 0 Å². The molecule has 0 bridgehead atoms. The maximum Gasteiger partial charge on any atom is 0.239 e. The Morgan fingerprint density at radius 1 is 1.37 bits per heavy atom. The highest BCUT2D eigenvalue weighted by molar-refractivity contribution is 5.86. The third-order valence-corrected chi connectivity index (χ3v) is 2.64. The Morgan fingerprint density at radius 2 is 2.21 bits per heavy atom. The largest absolute Gasteiger partial charge is 0.353 e. The van der Waals surface area contributed by atoms with Gasteiger partial charge in [-0.05, 0) is 7.05 Å². The lowest BCUT2D eigenvalue weighted by Crippen LogP contribution is -2.38. The number of aromatic amines is 1. The molecular weight excluding hydrogens is 246 g/mol. The van der Waals surface area contributed by atoms with E-state index in [4.69, 9.17) is 0 Å². The molecule has 8 heteroatoms. The van der Waals surface area contributed by atoms with Crippen LogP contribution in [0.25, 0.3) is 11.2 Å². The van der Waals surface area contributed by atoms with Crippen LogP contribution < -0.4 is 15.5 Å². The van der Waals surface area contributed by atoms with E-state index < -0.39 is 0 Å². The molecule has 102 valence electrons. The lowest BCUT2D eigenvalue weighted by molar-refractivity contribution is -0.119. The average Bonchev–Trinajstić information content (AvgIpc) is 2.86. The Hall–Kier alpha value is -2.22. The monoisotopic (exact) mass is 263 g/mol. The molecular formula is C11H17N7O. The molecule has 2 rings (SSSR count). The van der Waals surface area contributed by atoms with Gasteiger partial charge < -0.3 is 20.5 Å². The van der Waals surface area contributed by atoms with Gasteiger partial charge in [-0.25, -0.2) is 15.0 Å². The Bertz CT molecular complexity index is 553. The second-order valence-corrected chi connectivity index (χ2v) is 4.11. The van der Waals surface area contributed by atoms with Gasteiger partial charge in [0.1, 0.15) is 11.8 Å². The number of rotatable bonds is 6. The number of H-pyrrole nitrogens is 1. The van der Waals surface area contributed by atoms with E-state index in [0.717, 1.165) is 12.1 Å². The van der Waals surface area contributed by atoms with Crippen molar-refractivity contribution in [3.8, 4) is 0 Å². The molecule has 0 spiro atoms. The minimum Gasteiger partial charge on any atom is -0.353 e. The molecule has 0 radical (unpaired) electrons. The Labute approximate surface area is 110 Å². The second kappa shape index (κ2) is 6.10. The van der Waals surface area contributed by atoms with Crippen LogP contribution in [0.1, 0.15) is 0 Å². The van der Waals surface area contributed by atoms with Crippen LogP contribution in [0.2, 0.25) is 0 Å². The van der Waals surface area contributed by atoms with Gasteiger partial charge in [0.2, 0.25) is 5.91 Å². The van der Waals surface area contributed by atoms with E-state index in [9.17, 15) is 4.79 Å². The van der Waals surface area contributed by atoms with Gasteiger partial charge in [0.15, 0.2) is 11.5 Å². The van der Waals surface area contributed by atoms with Crippen molar-refractivity contribution in [2.45, 2.75) is 0 Å². The maximum absolute atomic E-state index is 11.7. The first kappa shape index (κ1) is 13.2. The number of hydrogen-bond donors (Lipinski definition) is 3.